The average Bonchev–Trinajstić information content (AvgIpc) is 2.82. The van der Waals surface area contributed by atoms with E-state index in [0.29, 0.717) is 12.1 Å². The quantitative estimate of drug-likeness (QED) is 0.392. The number of aromatic amines is 1. The smallest absolute Gasteiger partial charge is 0.330 e. The Labute approximate surface area is 120 Å². The molecule has 1 aromatic rings. The number of aliphatic hydroxyl groups is 2. The van der Waals surface area contributed by atoms with Gasteiger partial charge in [0, 0.05) is 24.7 Å². The fourth-order valence-electron chi connectivity index (χ4n) is 2.25. The molecule has 1 saturated heterocycles. The third kappa shape index (κ3) is 3.30. The van der Waals surface area contributed by atoms with Crippen molar-refractivity contribution < 1.29 is 14.9 Å². The Balaban J connectivity index is 2.17. The van der Waals surface area contributed by atoms with Crippen molar-refractivity contribution >= 4 is 0 Å². The van der Waals surface area contributed by atoms with Crippen LogP contribution in [0.4, 0.5) is 0 Å². The topological polar surface area (TPSA) is 117 Å². The summed E-state index contributed by atoms with van der Waals surface area (Å²) in [7, 11) is 0. The largest absolute Gasteiger partial charge is 0.390 e. The molecule has 0 spiro atoms. The minimum atomic E-state index is -1.08. The summed E-state index contributed by atoms with van der Waals surface area (Å²) in [5.74, 6) is 0. The van der Waals surface area contributed by atoms with Crippen LogP contribution in [0.25, 0.3) is 0 Å². The van der Waals surface area contributed by atoms with Gasteiger partial charge in [-0.15, -0.1) is 6.58 Å². The van der Waals surface area contributed by atoms with E-state index >= 15 is 0 Å². The van der Waals surface area contributed by atoms with E-state index in [4.69, 9.17) is 4.74 Å². The van der Waals surface area contributed by atoms with Gasteiger partial charge >= 0.3 is 5.69 Å². The number of aryl methyl sites for hydroxylation is 1. The van der Waals surface area contributed by atoms with Gasteiger partial charge in [-0.05, 0) is 6.92 Å². The van der Waals surface area contributed by atoms with Gasteiger partial charge < -0.3 is 14.9 Å². The number of nitrogens with one attached hydrogen (secondary N) is 2. The molecule has 1 aliphatic rings. The second-order valence-electron chi connectivity index (χ2n) is 4.98. The van der Waals surface area contributed by atoms with Crippen molar-refractivity contribution in [2.45, 2.75) is 38.0 Å². The lowest BCUT2D eigenvalue weighted by atomic mass is 10.1. The summed E-state index contributed by atoms with van der Waals surface area (Å²) in [6.45, 7) is 5.44. The highest BCUT2D eigenvalue weighted by Crippen LogP contribution is 2.28. The Morgan fingerprint density at radius 3 is 3.05 bits per heavy atom. The third-order valence-electron chi connectivity index (χ3n) is 3.38. The van der Waals surface area contributed by atoms with Crippen LogP contribution in [0.1, 0.15) is 18.2 Å². The lowest BCUT2D eigenvalue weighted by Crippen LogP contribution is -2.44. The second kappa shape index (κ2) is 6.35. The van der Waals surface area contributed by atoms with Gasteiger partial charge in [-0.3, -0.25) is 19.7 Å². The van der Waals surface area contributed by atoms with E-state index in [1.165, 1.54) is 10.8 Å². The number of hydrogen-bond donors (Lipinski definition) is 4. The van der Waals surface area contributed by atoms with Crippen molar-refractivity contribution in [2.24, 2.45) is 0 Å². The number of aromatic nitrogens is 2. The molecule has 116 valence electrons. The number of nitrogens with zero attached hydrogens (tertiary/aromatic N) is 1. The Morgan fingerprint density at radius 1 is 1.67 bits per heavy atom. The van der Waals surface area contributed by atoms with Crippen LogP contribution in [0.3, 0.4) is 0 Å². The lowest BCUT2D eigenvalue weighted by Gasteiger charge is -2.21. The van der Waals surface area contributed by atoms with Crippen LogP contribution in [0.5, 0.6) is 0 Å². The lowest BCUT2D eigenvalue weighted by molar-refractivity contribution is -0.0925. The summed E-state index contributed by atoms with van der Waals surface area (Å²) >= 11 is 0. The molecule has 4 atom stereocenters. The van der Waals surface area contributed by atoms with Gasteiger partial charge in [-0.1, -0.05) is 6.08 Å². The van der Waals surface area contributed by atoms with Crippen molar-refractivity contribution in [1.82, 2.24) is 14.9 Å². The fourth-order valence-corrected chi connectivity index (χ4v) is 2.25. The number of aliphatic hydroxyl groups excluding tert-OH is 2. The van der Waals surface area contributed by atoms with Crippen LogP contribution in [-0.2, 0) is 4.74 Å². The maximum absolute atomic E-state index is 11.8. The minimum absolute atomic E-state index is 0.142. The summed E-state index contributed by atoms with van der Waals surface area (Å²) < 4.78 is 6.75. The molecule has 21 heavy (non-hydrogen) atoms. The fraction of sp³-hybridized carbons (Fsp3) is 0.538. The van der Waals surface area contributed by atoms with Gasteiger partial charge in [0.15, 0.2) is 0 Å². The van der Waals surface area contributed by atoms with Crippen molar-refractivity contribution in [3.05, 3.63) is 45.3 Å². The summed E-state index contributed by atoms with van der Waals surface area (Å²) in [5, 5.41) is 22.6. The van der Waals surface area contributed by atoms with E-state index in [9.17, 15) is 19.8 Å². The third-order valence-corrected chi connectivity index (χ3v) is 3.38. The molecule has 0 bridgehead atoms. The standard InChI is InChI=1S/C13H19N3O5/c1-3-4-14-12(19)10-8(17)5-9(21-10)16-6-7(2)11(18)15-13(16)20/h3,6,8-10,12,14,17,19H,1,4-5H2,2H3,(H,15,18,20)/t8-,9+,10-,12?/m0/s1. The van der Waals surface area contributed by atoms with Crippen LogP contribution in [0.15, 0.2) is 28.4 Å². The molecule has 1 aromatic heterocycles. The molecule has 8 heteroatoms. The highest BCUT2D eigenvalue weighted by Gasteiger charge is 2.39. The van der Waals surface area contributed by atoms with E-state index in [0.717, 1.165) is 0 Å². The highest BCUT2D eigenvalue weighted by molar-refractivity contribution is 5.02. The Bertz CT molecular complexity index is 623. The normalized spacial score (nSPS) is 26.7. The highest BCUT2D eigenvalue weighted by atomic mass is 16.5. The van der Waals surface area contributed by atoms with E-state index in [-0.39, 0.29) is 6.42 Å². The zero-order chi connectivity index (χ0) is 15.6. The number of ether oxygens (including phenoxy) is 1. The molecule has 1 unspecified atom stereocenters. The molecule has 4 N–H and O–H groups in total. The van der Waals surface area contributed by atoms with E-state index in [1.807, 2.05) is 0 Å². The SMILES string of the molecule is C=CCNC(O)[C@H]1O[C@@H](n2cc(C)c(=O)[nH]c2=O)C[C@@H]1O. The molecule has 0 aliphatic carbocycles. The number of rotatable bonds is 5. The predicted molar refractivity (Wildman–Crippen MR) is 74.8 cm³/mol. The van der Waals surface area contributed by atoms with Gasteiger partial charge in [0.05, 0.1) is 6.10 Å². The van der Waals surface area contributed by atoms with Crippen LogP contribution in [-0.4, -0.2) is 44.7 Å². The van der Waals surface area contributed by atoms with E-state index < -0.39 is 35.9 Å². The molecule has 8 nitrogen and oxygen atoms in total. The Morgan fingerprint density at radius 2 is 2.38 bits per heavy atom. The van der Waals surface area contributed by atoms with E-state index in [2.05, 4.69) is 16.9 Å². The first-order chi connectivity index (χ1) is 9.93. The summed E-state index contributed by atoms with van der Waals surface area (Å²) in [5.41, 5.74) is -0.711. The van der Waals surface area contributed by atoms with Crippen molar-refractivity contribution in [2.75, 3.05) is 6.54 Å². The van der Waals surface area contributed by atoms with Gasteiger partial charge in [0.25, 0.3) is 5.56 Å². The molecule has 0 radical (unpaired) electrons. The van der Waals surface area contributed by atoms with Gasteiger partial charge in [0.1, 0.15) is 18.6 Å². The Hall–Kier alpha value is -1.74. The summed E-state index contributed by atoms with van der Waals surface area (Å²) in [4.78, 5) is 25.3. The molecule has 0 aromatic carbocycles. The zero-order valence-corrected chi connectivity index (χ0v) is 11.7. The predicted octanol–water partition coefficient (Wildman–Crippen LogP) is -1.41. The maximum atomic E-state index is 11.8. The second-order valence-corrected chi connectivity index (χ2v) is 4.98. The van der Waals surface area contributed by atoms with Crippen LogP contribution in [0.2, 0.25) is 0 Å². The summed E-state index contributed by atoms with van der Waals surface area (Å²) in [6.07, 6.45) is -0.531. The molecule has 0 saturated carbocycles. The monoisotopic (exact) mass is 297 g/mol. The van der Waals surface area contributed by atoms with Crippen molar-refractivity contribution in [3.8, 4) is 0 Å². The molecule has 0 amide bonds. The van der Waals surface area contributed by atoms with Crippen molar-refractivity contribution in [3.63, 3.8) is 0 Å². The first-order valence-corrected chi connectivity index (χ1v) is 6.62. The molecule has 2 rings (SSSR count). The van der Waals surface area contributed by atoms with Crippen LogP contribution < -0.4 is 16.6 Å². The van der Waals surface area contributed by atoms with Crippen LogP contribution in [0, 0.1) is 6.92 Å². The van der Waals surface area contributed by atoms with Gasteiger partial charge in [0.2, 0.25) is 0 Å². The maximum Gasteiger partial charge on any atom is 0.330 e. The van der Waals surface area contributed by atoms with Gasteiger partial charge in [-0.25, -0.2) is 4.79 Å². The number of H-pyrrole nitrogens is 1. The molecule has 2 heterocycles. The summed E-state index contributed by atoms with van der Waals surface area (Å²) in [6, 6.07) is 0. The first-order valence-electron chi connectivity index (χ1n) is 6.62. The first kappa shape index (κ1) is 15.6. The number of hydrogen-bond acceptors (Lipinski definition) is 6. The van der Waals surface area contributed by atoms with E-state index in [1.54, 1.807) is 13.0 Å². The average molecular weight is 297 g/mol. The Kier molecular flexibility index (Phi) is 4.73. The molecular formula is C13H19N3O5. The minimum Gasteiger partial charge on any atom is -0.390 e. The molecule has 1 fully saturated rings. The zero-order valence-electron chi connectivity index (χ0n) is 11.7. The van der Waals surface area contributed by atoms with Crippen molar-refractivity contribution in [1.29, 1.82) is 0 Å². The van der Waals surface area contributed by atoms with Crippen LogP contribution >= 0.6 is 0 Å². The molecular weight excluding hydrogens is 278 g/mol. The van der Waals surface area contributed by atoms with Gasteiger partial charge in [-0.2, -0.15) is 0 Å². The molecule has 1 aliphatic heterocycles.